The SMILES string of the molecule is CCN(C(=O)COc1ccc(C)cc1Br)c1ccccc1. The van der Waals surface area contributed by atoms with Crippen molar-refractivity contribution in [2.45, 2.75) is 13.8 Å². The van der Waals surface area contributed by atoms with Gasteiger partial charge in [-0.3, -0.25) is 4.79 Å². The van der Waals surface area contributed by atoms with Gasteiger partial charge in [-0.2, -0.15) is 0 Å². The molecule has 0 saturated carbocycles. The Labute approximate surface area is 133 Å². The zero-order valence-electron chi connectivity index (χ0n) is 12.2. The molecule has 0 saturated heterocycles. The molecule has 0 fully saturated rings. The van der Waals surface area contributed by atoms with Gasteiger partial charge >= 0.3 is 0 Å². The van der Waals surface area contributed by atoms with Crippen LogP contribution in [-0.4, -0.2) is 19.1 Å². The number of nitrogens with zero attached hydrogens (tertiary/aromatic N) is 1. The van der Waals surface area contributed by atoms with Crippen LogP contribution in [-0.2, 0) is 4.79 Å². The van der Waals surface area contributed by atoms with Crippen molar-refractivity contribution in [3.63, 3.8) is 0 Å². The van der Waals surface area contributed by atoms with Gasteiger partial charge in [-0.25, -0.2) is 0 Å². The summed E-state index contributed by atoms with van der Waals surface area (Å²) in [6.45, 7) is 4.59. The van der Waals surface area contributed by atoms with E-state index in [1.54, 1.807) is 4.90 Å². The number of benzene rings is 2. The molecule has 0 bridgehead atoms. The molecule has 21 heavy (non-hydrogen) atoms. The van der Waals surface area contributed by atoms with E-state index in [1.807, 2.05) is 62.4 Å². The minimum absolute atomic E-state index is 0.0182. The second-order valence-electron chi connectivity index (χ2n) is 4.70. The number of carbonyl (C=O) groups is 1. The van der Waals surface area contributed by atoms with Gasteiger partial charge < -0.3 is 9.64 Å². The summed E-state index contributed by atoms with van der Waals surface area (Å²) in [7, 11) is 0. The molecule has 0 spiro atoms. The molecule has 0 atom stereocenters. The van der Waals surface area contributed by atoms with Gasteiger partial charge in [0.1, 0.15) is 5.75 Å². The van der Waals surface area contributed by atoms with Gasteiger partial charge in [0.05, 0.1) is 4.47 Å². The van der Waals surface area contributed by atoms with E-state index in [1.165, 1.54) is 0 Å². The Morgan fingerprint density at radius 3 is 2.52 bits per heavy atom. The van der Waals surface area contributed by atoms with E-state index in [0.29, 0.717) is 12.3 Å². The summed E-state index contributed by atoms with van der Waals surface area (Å²) in [5.74, 6) is 0.620. The zero-order valence-corrected chi connectivity index (χ0v) is 13.8. The zero-order chi connectivity index (χ0) is 15.2. The van der Waals surface area contributed by atoms with Crippen molar-refractivity contribution in [2.75, 3.05) is 18.1 Å². The highest BCUT2D eigenvalue weighted by Gasteiger charge is 2.14. The van der Waals surface area contributed by atoms with Crippen LogP contribution in [0.1, 0.15) is 12.5 Å². The topological polar surface area (TPSA) is 29.5 Å². The van der Waals surface area contributed by atoms with E-state index in [2.05, 4.69) is 15.9 Å². The predicted octanol–water partition coefficient (Wildman–Crippen LogP) is 4.19. The first-order valence-electron chi connectivity index (χ1n) is 6.86. The molecule has 3 nitrogen and oxygen atoms in total. The van der Waals surface area contributed by atoms with Crippen LogP contribution in [0.2, 0.25) is 0 Å². The molecule has 0 heterocycles. The van der Waals surface area contributed by atoms with E-state index in [0.717, 1.165) is 15.7 Å². The lowest BCUT2D eigenvalue weighted by Gasteiger charge is -2.21. The van der Waals surface area contributed by atoms with Gasteiger partial charge in [0.15, 0.2) is 6.61 Å². The first-order valence-corrected chi connectivity index (χ1v) is 7.65. The summed E-state index contributed by atoms with van der Waals surface area (Å²) in [4.78, 5) is 14.0. The lowest BCUT2D eigenvalue weighted by Crippen LogP contribution is -2.34. The van der Waals surface area contributed by atoms with Crippen LogP contribution in [0, 0.1) is 6.92 Å². The standard InChI is InChI=1S/C17H18BrNO2/c1-3-19(14-7-5-4-6-8-14)17(20)12-21-16-10-9-13(2)11-15(16)18/h4-11H,3,12H2,1-2H3. The number of aryl methyl sites for hydroxylation is 1. The van der Waals surface area contributed by atoms with Crippen molar-refractivity contribution in [1.29, 1.82) is 0 Å². The van der Waals surface area contributed by atoms with E-state index in [9.17, 15) is 4.79 Å². The van der Waals surface area contributed by atoms with Gasteiger partial charge in [0, 0.05) is 12.2 Å². The molecule has 4 heteroatoms. The van der Waals surface area contributed by atoms with Crippen LogP contribution >= 0.6 is 15.9 Å². The first-order chi connectivity index (χ1) is 10.1. The summed E-state index contributed by atoms with van der Waals surface area (Å²) >= 11 is 3.45. The maximum absolute atomic E-state index is 12.3. The molecule has 0 aliphatic heterocycles. The number of anilines is 1. The Morgan fingerprint density at radius 1 is 1.19 bits per heavy atom. The fourth-order valence-electron chi connectivity index (χ4n) is 2.05. The van der Waals surface area contributed by atoms with Gasteiger partial charge in [0.2, 0.25) is 0 Å². The van der Waals surface area contributed by atoms with E-state index >= 15 is 0 Å². The Balaban J connectivity index is 2.03. The number of rotatable bonds is 5. The second kappa shape index (κ2) is 7.27. The molecular weight excluding hydrogens is 330 g/mol. The average molecular weight is 348 g/mol. The summed E-state index contributed by atoms with van der Waals surface area (Å²) in [5.41, 5.74) is 2.02. The lowest BCUT2D eigenvalue weighted by atomic mass is 10.2. The first kappa shape index (κ1) is 15.6. The van der Waals surface area contributed by atoms with Crippen molar-refractivity contribution < 1.29 is 9.53 Å². The molecule has 0 N–H and O–H groups in total. The molecule has 0 unspecified atom stereocenters. The van der Waals surface area contributed by atoms with Crippen molar-refractivity contribution in [3.05, 3.63) is 58.6 Å². The van der Waals surface area contributed by atoms with Crippen molar-refractivity contribution in [1.82, 2.24) is 0 Å². The number of carbonyl (C=O) groups excluding carboxylic acids is 1. The summed E-state index contributed by atoms with van der Waals surface area (Å²) in [6, 6.07) is 15.4. The van der Waals surface area contributed by atoms with Gasteiger partial charge in [-0.15, -0.1) is 0 Å². The van der Waals surface area contributed by atoms with E-state index in [-0.39, 0.29) is 12.5 Å². The van der Waals surface area contributed by atoms with Crippen LogP contribution in [0.15, 0.2) is 53.0 Å². The molecular formula is C17H18BrNO2. The number of hydrogen-bond donors (Lipinski definition) is 0. The van der Waals surface area contributed by atoms with Crippen molar-refractivity contribution >= 4 is 27.5 Å². The van der Waals surface area contributed by atoms with Gasteiger partial charge in [-0.05, 0) is 59.6 Å². The van der Waals surface area contributed by atoms with E-state index in [4.69, 9.17) is 4.74 Å². The van der Waals surface area contributed by atoms with Crippen LogP contribution in [0.25, 0.3) is 0 Å². The minimum Gasteiger partial charge on any atom is -0.483 e. The Hall–Kier alpha value is -1.81. The summed E-state index contributed by atoms with van der Waals surface area (Å²) in [6.07, 6.45) is 0. The van der Waals surface area contributed by atoms with Gasteiger partial charge in [0.25, 0.3) is 5.91 Å². The third-order valence-corrected chi connectivity index (χ3v) is 3.74. The van der Waals surface area contributed by atoms with Crippen LogP contribution in [0.5, 0.6) is 5.75 Å². The van der Waals surface area contributed by atoms with Gasteiger partial charge in [-0.1, -0.05) is 24.3 Å². The maximum Gasteiger partial charge on any atom is 0.264 e. The molecule has 2 aromatic rings. The van der Waals surface area contributed by atoms with Crippen molar-refractivity contribution in [2.24, 2.45) is 0 Å². The van der Waals surface area contributed by atoms with Crippen LogP contribution in [0.3, 0.4) is 0 Å². The van der Waals surface area contributed by atoms with Crippen molar-refractivity contribution in [3.8, 4) is 5.75 Å². The smallest absolute Gasteiger partial charge is 0.264 e. The molecule has 0 radical (unpaired) electrons. The average Bonchev–Trinajstić information content (AvgIpc) is 2.48. The third kappa shape index (κ3) is 4.08. The summed E-state index contributed by atoms with van der Waals surface area (Å²) < 4.78 is 6.48. The number of halogens is 1. The highest BCUT2D eigenvalue weighted by molar-refractivity contribution is 9.10. The fraction of sp³-hybridized carbons (Fsp3) is 0.235. The Bertz CT molecular complexity index is 613. The third-order valence-electron chi connectivity index (χ3n) is 3.12. The predicted molar refractivity (Wildman–Crippen MR) is 88.8 cm³/mol. The largest absolute Gasteiger partial charge is 0.483 e. The molecule has 0 aliphatic carbocycles. The van der Waals surface area contributed by atoms with E-state index < -0.39 is 0 Å². The lowest BCUT2D eigenvalue weighted by molar-refractivity contribution is -0.120. The van der Waals surface area contributed by atoms with Crippen LogP contribution < -0.4 is 9.64 Å². The molecule has 110 valence electrons. The highest BCUT2D eigenvalue weighted by Crippen LogP contribution is 2.25. The Kier molecular flexibility index (Phi) is 5.39. The maximum atomic E-state index is 12.3. The molecule has 1 amide bonds. The molecule has 0 aliphatic rings. The number of hydrogen-bond acceptors (Lipinski definition) is 2. The summed E-state index contributed by atoms with van der Waals surface area (Å²) in [5, 5.41) is 0. The molecule has 0 aromatic heterocycles. The highest BCUT2D eigenvalue weighted by atomic mass is 79.9. The van der Waals surface area contributed by atoms with Crippen LogP contribution in [0.4, 0.5) is 5.69 Å². The fourth-order valence-corrected chi connectivity index (χ4v) is 2.66. The molecule has 2 rings (SSSR count). The second-order valence-corrected chi connectivity index (χ2v) is 5.55. The number of likely N-dealkylation sites (N-methyl/N-ethyl adjacent to an activating group) is 1. The molecule has 2 aromatic carbocycles. The normalized spacial score (nSPS) is 10.2. The number of para-hydroxylation sites is 1. The Morgan fingerprint density at radius 2 is 1.90 bits per heavy atom. The number of ether oxygens (including phenoxy) is 1. The minimum atomic E-state index is -0.0591. The monoisotopic (exact) mass is 347 g/mol. The number of amides is 1. The quantitative estimate of drug-likeness (QED) is 0.811.